The van der Waals surface area contributed by atoms with Crippen LogP contribution in [0.5, 0.6) is 0 Å². The molecule has 0 aliphatic carbocycles. The van der Waals surface area contributed by atoms with Crippen LogP contribution < -0.4 is 10.2 Å². The Morgan fingerprint density at radius 2 is 1.77 bits per heavy atom. The third-order valence-corrected chi connectivity index (χ3v) is 3.97. The molecule has 1 aliphatic heterocycles. The average Bonchev–Trinajstić information content (AvgIpc) is 2.92. The summed E-state index contributed by atoms with van der Waals surface area (Å²) in [5, 5.41) is 2.93. The van der Waals surface area contributed by atoms with Crippen molar-refractivity contribution in [2.75, 3.05) is 16.8 Å². The Morgan fingerprint density at radius 3 is 2.50 bits per heavy atom. The molecule has 0 radical (unpaired) electrons. The Kier molecular flexibility index (Phi) is 3.92. The van der Waals surface area contributed by atoms with Gasteiger partial charge in [-0.3, -0.25) is 9.59 Å². The molecule has 1 N–H and O–H groups in total. The van der Waals surface area contributed by atoms with Crippen LogP contribution in [0, 0.1) is 12.8 Å². The summed E-state index contributed by atoms with van der Waals surface area (Å²) in [6.07, 6.45) is 0.257. The van der Waals surface area contributed by atoms with Gasteiger partial charge in [0.05, 0.1) is 5.92 Å². The van der Waals surface area contributed by atoms with Gasteiger partial charge in [-0.15, -0.1) is 0 Å². The van der Waals surface area contributed by atoms with Gasteiger partial charge in [0.1, 0.15) is 0 Å². The lowest BCUT2D eigenvalue weighted by Crippen LogP contribution is -2.28. The maximum atomic E-state index is 12.4. The van der Waals surface area contributed by atoms with Crippen molar-refractivity contribution in [2.24, 2.45) is 5.92 Å². The predicted molar refractivity (Wildman–Crippen MR) is 86.7 cm³/mol. The largest absolute Gasteiger partial charge is 0.326 e. The number of nitrogens with zero attached hydrogens (tertiary/aromatic N) is 1. The van der Waals surface area contributed by atoms with Crippen molar-refractivity contribution in [1.82, 2.24) is 0 Å². The Labute approximate surface area is 129 Å². The molecule has 4 nitrogen and oxygen atoms in total. The zero-order valence-corrected chi connectivity index (χ0v) is 12.5. The Hall–Kier alpha value is -2.62. The highest BCUT2D eigenvalue weighted by molar-refractivity contribution is 6.03. The van der Waals surface area contributed by atoms with Gasteiger partial charge in [0.2, 0.25) is 11.8 Å². The van der Waals surface area contributed by atoms with Crippen molar-refractivity contribution in [3.05, 3.63) is 60.2 Å². The van der Waals surface area contributed by atoms with E-state index in [4.69, 9.17) is 0 Å². The molecular weight excluding hydrogens is 276 g/mol. The van der Waals surface area contributed by atoms with Crippen molar-refractivity contribution in [2.45, 2.75) is 13.3 Å². The summed E-state index contributed by atoms with van der Waals surface area (Å²) >= 11 is 0. The van der Waals surface area contributed by atoms with Crippen molar-refractivity contribution >= 4 is 23.2 Å². The molecule has 0 saturated carbocycles. The minimum Gasteiger partial charge on any atom is -0.326 e. The van der Waals surface area contributed by atoms with Gasteiger partial charge >= 0.3 is 0 Å². The summed E-state index contributed by atoms with van der Waals surface area (Å²) in [5.74, 6) is -0.412. The molecule has 2 amide bonds. The molecule has 2 aromatic carbocycles. The summed E-state index contributed by atoms with van der Waals surface area (Å²) in [6.45, 7) is 2.38. The lowest BCUT2D eigenvalue weighted by molar-refractivity contribution is -0.122. The van der Waals surface area contributed by atoms with Crippen molar-refractivity contribution < 1.29 is 9.59 Å². The lowest BCUT2D eigenvalue weighted by atomic mass is 10.1. The fourth-order valence-electron chi connectivity index (χ4n) is 2.69. The van der Waals surface area contributed by atoms with E-state index in [1.165, 1.54) is 0 Å². The second-order valence-electron chi connectivity index (χ2n) is 5.55. The second kappa shape index (κ2) is 6.02. The number of hydrogen-bond donors (Lipinski definition) is 1. The first-order chi connectivity index (χ1) is 10.6. The SMILES string of the molecule is Cc1ccccc1NC(=O)[C@@H]1CC(=O)N(c2ccccc2)C1. The molecule has 0 unspecified atom stereocenters. The van der Waals surface area contributed by atoms with E-state index in [0.29, 0.717) is 6.54 Å². The molecule has 1 atom stereocenters. The smallest absolute Gasteiger partial charge is 0.229 e. The molecule has 0 aromatic heterocycles. The number of anilines is 2. The van der Waals surface area contributed by atoms with E-state index in [0.717, 1.165) is 16.9 Å². The maximum Gasteiger partial charge on any atom is 0.229 e. The predicted octanol–water partition coefficient (Wildman–Crippen LogP) is 2.99. The summed E-state index contributed by atoms with van der Waals surface area (Å²) in [7, 11) is 0. The maximum absolute atomic E-state index is 12.4. The molecule has 0 spiro atoms. The first kappa shape index (κ1) is 14.3. The Balaban J connectivity index is 1.71. The van der Waals surface area contributed by atoms with E-state index in [1.807, 2.05) is 61.5 Å². The highest BCUT2D eigenvalue weighted by Gasteiger charge is 2.35. The monoisotopic (exact) mass is 294 g/mol. The first-order valence-corrected chi connectivity index (χ1v) is 7.37. The van der Waals surface area contributed by atoms with Gasteiger partial charge in [0.15, 0.2) is 0 Å². The van der Waals surface area contributed by atoms with E-state index in [-0.39, 0.29) is 24.2 Å². The minimum absolute atomic E-state index is 0.00358. The van der Waals surface area contributed by atoms with Crippen molar-refractivity contribution in [3.8, 4) is 0 Å². The van der Waals surface area contributed by atoms with Crippen LogP contribution in [0.25, 0.3) is 0 Å². The summed E-state index contributed by atoms with van der Waals surface area (Å²) < 4.78 is 0. The third-order valence-electron chi connectivity index (χ3n) is 3.97. The molecule has 0 bridgehead atoms. The summed E-state index contributed by atoms with van der Waals surface area (Å²) in [5.41, 5.74) is 2.66. The van der Waals surface area contributed by atoms with Crippen LogP contribution in [0.1, 0.15) is 12.0 Å². The van der Waals surface area contributed by atoms with Crippen LogP contribution in [0.15, 0.2) is 54.6 Å². The van der Waals surface area contributed by atoms with Gasteiger partial charge in [-0.25, -0.2) is 0 Å². The number of carbonyl (C=O) groups excluding carboxylic acids is 2. The standard InChI is InChI=1S/C18H18N2O2/c1-13-7-5-6-10-16(13)19-18(22)14-11-17(21)20(12-14)15-8-3-2-4-9-15/h2-10,14H,11-12H2,1H3,(H,19,22)/t14-/m1/s1. The number of benzene rings is 2. The van der Waals surface area contributed by atoms with E-state index in [2.05, 4.69) is 5.32 Å². The minimum atomic E-state index is -0.313. The van der Waals surface area contributed by atoms with Crippen LogP contribution in [0.3, 0.4) is 0 Å². The second-order valence-corrected chi connectivity index (χ2v) is 5.55. The zero-order chi connectivity index (χ0) is 15.5. The summed E-state index contributed by atoms with van der Waals surface area (Å²) in [6, 6.07) is 17.1. The van der Waals surface area contributed by atoms with Crippen LogP contribution in [-0.2, 0) is 9.59 Å². The molecule has 22 heavy (non-hydrogen) atoms. The molecule has 4 heteroatoms. The molecule has 1 aliphatic rings. The third kappa shape index (κ3) is 2.86. The fourth-order valence-corrected chi connectivity index (χ4v) is 2.69. The molecule has 2 aromatic rings. The fraction of sp³-hybridized carbons (Fsp3) is 0.222. The number of aryl methyl sites for hydroxylation is 1. The van der Waals surface area contributed by atoms with Gasteiger partial charge in [0.25, 0.3) is 0 Å². The van der Waals surface area contributed by atoms with Crippen LogP contribution >= 0.6 is 0 Å². The van der Waals surface area contributed by atoms with E-state index in [1.54, 1.807) is 4.90 Å². The first-order valence-electron chi connectivity index (χ1n) is 7.37. The number of nitrogens with one attached hydrogen (secondary N) is 1. The number of rotatable bonds is 3. The molecule has 1 saturated heterocycles. The number of hydrogen-bond acceptors (Lipinski definition) is 2. The van der Waals surface area contributed by atoms with Crippen LogP contribution in [0.4, 0.5) is 11.4 Å². The van der Waals surface area contributed by atoms with Gasteiger partial charge in [-0.1, -0.05) is 36.4 Å². The van der Waals surface area contributed by atoms with Crippen molar-refractivity contribution in [3.63, 3.8) is 0 Å². The number of carbonyl (C=O) groups is 2. The number of para-hydroxylation sites is 2. The van der Waals surface area contributed by atoms with E-state index >= 15 is 0 Å². The van der Waals surface area contributed by atoms with Crippen molar-refractivity contribution in [1.29, 1.82) is 0 Å². The normalized spacial score (nSPS) is 17.6. The molecular formula is C18H18N2O2. The van der Waals surface area contributed by atoms with Crippen LogP contribution in [-0.4, -0.2) is 18.4 Å². The van der Waals surface area contributed by atoms with Gasteiger partial charge in [0, 0.05) is 24.3 Å². The zero-order valence-electron chi connectivity index (χ0n) is 12.5. The van der Waals surface area contributed by atoms with Crippen LogP contribution in [0.2, 0.25) is 0 Å². The van der Waals surface area contributed by atoms with Gasteiger partial charge in [-0.05, 0) is 30.7 Å². The molecule has 3 rings (SSSR count). The molecule has 1 heterocycles. The van der Waals surface area contributed by atoms with E-state index < -0.39 is 0 Å². The quantitative estimate of drug-likeness (QED) is 0.946. The summed E-state index contributed by atoms with van der Waals surface area (Å²) in [4.78, 5) is 26.2. The Bertz CT molecular complexity index is 697. The lowest BCUT2D eigenvalue weighted by Gasteiger charge is -2.16. The van der Waals surface area contributed by atoms with E-state index in [9.17, 15) is 9.59 Å². The average molecular weight is 294 g/mol. The highest BCUT2D eigenvalue weighted by atomic mass is 16.2. The molecule has 1 fully saturated rings. The topological polar surface area (TPSA) is 49.4 Å². The van der Waals surface area contributed by atoms with Gasteiger partial charge in [-0.2, -0.15) is 0 Å². The number of amides is 2. The Morgan fingerprint density at radius 1 is 1.09 bits per heavy atom. The highest BCUT2D eigenvalue weighted by Crippen LogP contribution is 2.26. The molecule has 112 valence electrons. The van der Waals surface area contributed by atoms with Gasteiger partial charge < -0.3 is 10.2 Å².